The predicted octanol–water partition coefficient (Wildman–Crippen LogP) is 5.98. The second-order valence-electron chi connectivity index (χ2n) is 6.78. The number of hydrogen-bond donors (Lipinski definition) is 0. The molecular weight excluding hydrogens is 296 g/mol. The first-order valence-electron chi connectivity index (χ1n) is 9.77. The highest BCUT2D eigenvalue weighted by atomic mass is 16.1. The average molecular weight is 331 g/mol. The molecule has 0 aromatic heterocycles. The summed E-state index contributed by atoms with van der Waals surface area (Å²) in [5.41, 5.74) is 0. The lowest BCUT2D eigenvalue weighted by Gasteiger charge is -2.12. The molecule has 0 fully saturated rings. The first-order chi connectivity index (χ1) is 11.7. The fourth-order valence-corrected chi connectivity index (χ4v) is 3.01. The molecule has 0 heterocycles. The summed E-state index contributed by atoms with van der Waals surface area (Å²) in [5.74, 6) is 0.446. The number of allylic oxidation sites excluding steroid dienone is 6. The van der Waals surface area contributed by atoms with Crippen molar-refractivity contribution in [3.8, 4) is 0 Å². The highest BCUT2D eigenvalue weighted by molar-refractivity contribution is 5.95. The lowest BCUT2D eigenvalue weighted by molar-refractivity contribution is -0.118. The summed E-state index contributed by atoms with van der Waals surface area (Å²) in [6.07, 6.45) is 22.3. The number of carbonyl (C=O) groups excluding carboxylic acids is 2. The molecule has 0 N–H and O–H groups in total. The van der Waals surface area contributed by atoms with E-state index >= 15 is 0 Å². The van der Waals surface area contributed by atoms with Gasteiger partial charge in [-0.15, -0.1) is 0 Å². The van der Waals surface area contributed by atoms with Crippen LogP contribution < -0.4 is 0 Å². The van der Waals surface area contributed by atoms with Gasteiger partial charge in [-0.05, 0) is 31.4 Å². The summed E-state index contributed by atoms with van der Waals surface area (Å²) in [6.45, 7) is 4.37. The highest BCUT2D eigenvalue weighted by Gasteiger charge is 2.27. The van der Waals surface area contributed by atoms with Crippen LogP contribution in [0, 0.1) is 11.8 Å². The fraction of sp³-hybridized carbons (Fsp3) is 0.636. The molecule has 2 heteroatoms. The van der Waals surface area contributed by atoms with Crippen LogP contribution in [0.5, 0.6) is 0 Å². The SMILES string of the molecule is CCCC/C=C\C[C@H]1C(=O)C=C[C@@H]1/C=C/C(=O)CCCCCCC. The van der Waals surface area contributed by atoms with Crippen LogP contribution in [0.2, 0.25) is 0 Å². The van der Waals surface area contributed by atoms with Crippen LogP contribution in [0.4, 0.5) is 0 Å². The van der Waals surface area contributed by atoms with Crippen molar-refractivity contribution in [3.05, 3.63) is 36.5 Å². The molecule has 1 aliphatic rings. The molecular formula is C22H34O2. The van der Waals surface area contributed by atoms with Crippen LogP contribution in [0.15, 0.2) is 36.5 Å². The first-order valence-corrected chi connectivity index (χ1v) is 9.77. The van der Waals surface area contributed by atoms with Gasteiger partial charge in [0.2, 0.25) is 0 Å². The largest absolute Gasteiger partial charge is 0.295 e. The Hall–Kier alpha value is -1.44. The highest BCUT2D eigenvalue weighted by Crippen LogP contribution is 2.27. The normalized spacial score (nSPS) is 20.7. The van der Waals surface area contributed by atoms with Crippen LogP contribution >= 0.6 is 0 Å². The molecule has 0 saturated carbocycles. The molecule has 1 aliphatic carbocycles. The van der Waals surface area contributed by atoms with E-state index in [9.17, 15) is 9.59 Å². The molecule has 24 heavy (non-hydrogen) atoms. The molecule has 1 rings (SSSR count). The third-order valence-electron chi connectivity index (χ3n) is 4.62. The molecule has 2 atom stereocenters. The van der Waals surface area contributed by atoms with Crippen molar-refractivity contribution in [3.63, 3.8) is 0 Å². The van der Waals surface area contributed by atoms with Gasteiger partial charge in [0.15, 0.2) is 11.6 Å². The van der Waals surface area contributed by atoms with Gasteiger partial charge < -0.3 is 0 Å². The maximum absolute atomic E-state index is 12.0. The van der Waals surface area contributed by atoms with Crippen LogP contribution in [-0.2, 0) is 9.59 Å². The van der Waals surface area contributed by atoms with E-state index < -0.39 is 0 Å². The van der Waals surface area contributed by atoms with E-state index in [4.69, 9.17) is 0 Å². The van der Waals surface area contributed by atoms with E-state index in [2.05, 4.69) is 26.0 Å². The minimum Gasteiger partial charge on any atom is -0.295 e. The van der Waals surface area contributed by atoms with Crippen molar-refractivity contribution in [1.29, 1.82) is 0 Å². The molecule has 0 aromatic rings. The Morgan fingerprint density at radius 3 is 2.54 bits per heavy atom. The van der Waals surface area contributed by atoms with Crippen LogP contribution in [0.1, 0.15) is 78.1 Å². The smallest absolute Gasteiger partial charge is 0.159 e. The fourth-order valence-electron chi connectivity index (χ4n) is 3.01. The van der Waals surface area contributed by atoms with E-state index in [0.717, 1.165) is 25.7 Å². The van der Waals surface area contributed by atoms with Gasteiger partial charge >= 0.3 is 0 Å². The maximum atomic E-state index is 12.0. The average Bonchev–Trinajstić information content (AvgIpc) is 2.93. The van der Waals surface area contributed by atoms with Gasteiger partial charge in [-0.2, -0.15) is 0 Å². The van der Waals surface area contributed by atoms with Crippen LogP contribution in [0.25, 0.3) is 0 Å². The number of rotatable bonds is 13. The molecule has 0 aromatic carbocycles. The van der Waals surface area contributed by atoms with Crippen LogP contribution in [0.3, 0.4) is 0 Å². The second kappa shape index (κ2) is 12.9. The molecule has 0 aliphatic heterocycles. The van der Waals surface area contributed by atoms with E-state index in [1.54, 1.807) is 12.2 Å². The molecule has 2 nitrogen and oxygen atoms in total. The number of carbonyl (C=O) groups is 2. The summed E-state index contributed by atoms with van der Waals surface area (Å²) in [5, 5.41) is 0. The minimum absolute atomic E-state index is 0.0171. The molecule has 0 radical (unpaired) electrons. The van der Waals surface area contributed by atoms with Gasteiger partial charge in [0, 0.05) is 18.3 Å². The van der Waals surface area contributed by atoms with Gasteiger partial charge in [0.1, 0.15) is 0 Å². The van der Waals surface area contributed by atoms with E-state index in [-0.39, 0.29) is 23.4 Å². The monoisotopic (exact) mass is 330 g/mol. The third-order valence-corrected chi connectivity index (χ3v) is 4.62. The Labute approximate surface area is 148 Å². The van der Waals surface area contributed by atoms with Gasteiger partial charge in [-0.1, -0.05) is 76.7 Å². The lowest BCUT2D eigenvalue weighted by Crippen LogP contribution is -2.13. The zero-order chi connectivity index (χ0) is 17.6. The van der Waals surface area contributed by atoms with Crippen molar-refractivity contribution in [2.24, 2.45) is 11.8 Å². The molecule has 0 saturated heterocycles. The number of ketones is 2. The summed E-state index contributed by atoms with van der Waals surface area (Å²) < 4.78 is 0. The van der Waals surface area contributed by atoms with Crippen molar-refractivity contribution in [2.75, 3.05) is 0 Å². The zero-order valence-corrected chi connectivity index (χ0v) is 15.5. The molecule has 0 amide bonds. The summed E-state index contributed by atoms with van der Waals surface area (Å²) >= 11 is 0. The molecule has 0 bridgehead atoms. The maximum Gasteiger partial charge on any atom is 0.159 e. The third kappa shape index (κ3) is 8.42. The quantitative estimate of drug-likeness (QED) is 0.236. The Balaban J connectivity index is 2.35. The van der Waals surface area contributed by atoms with Crippen molar-refractivity contribution in [2.45, 2.75) is 78.1 Å². The standard InChI is InChI=1S/C22H34O2/c1-3-5-7-9-11-13-20(23)17-15-19-16-18-22(24)21(19)14-12-10-8-6-4-2/h10,12,15-19,21H,3-9,11,13-14H2,1-2H3/b12-10-,17-15+/t19-,21+/m0/s1. The second-order valence-corrected chi connectivity index (χ2v) is 6.78. The summed E-state index contributed by atoms with van der Waals surface area (Å²) in [4.78, 5) is 23.9. The topological polar surface area (TPSA) is 34.1 Å². The van der Waals surface area contributed by atoms with Gasteiger partial charge in [0.05, 0.1) is 0 Å². The number of hydrogen-bond acceptors (Lipinski definition) is 2. The van der Waals surface area contributed by atoms with Crippen molar-refractivity contribution >= 4 is 11.6 Å². The first kappa shape index (κ1) is 20.6. The van der Waals surface area contributed by atoms with E-state index in [0.29, 0.717) is 6.42 Å². The Morgan fingerprint density at radius 2 is 1.79 bits per heavy atom. The Morgan fingerprint density at radius 1 is 1.04 bits per heavy atom. The summed E-state index contributed by atoms with van der Waals surface area (Å²) in [6, 6.07) is 0. The Kier molecular flexibility index (Phi) is 11.1. The van der Waals surface area contributed by atoms with Gasteiger partial charge in [-0.3, -0.25) is 9.59 Å². The van der Waals surface area contributed by atoms with Crippen molar-refractivity contribution < 1.29 is 9.59 Å². The number of unbranched alkanes of at least 4 members (excludes halogenated alkanes) is 6. The molecule has 0 spiro atoms. The summed E-state index contributed by atoms with van der Waals surface area (Å²) in [7, 11) is 0. The lowest BCUT2D eigenvalue weighted by atomic mass is 9.90. The van der Waals surface area contributed by atoms with Gasteiger partial charge in [-0.25, -0.2) is 0 Å². The van der Waals surface area contributed by atoms with Crippen molar-refractivity contribution in [1.82, 2.24) is 0 Å². The van der Waals surface area contributed by atoms with Gasteiger partial charge in [0.25, 0.3) is 0 Å². The molecule has 0 unspecified atom stereocenters. The van der Waals surface area contributed by atoms with E-state index in [1.807, 2.05) is 12.2 Å². The van der Waals surface area contributed by atoms with E-state index in [1.165, 1.54) is 32.1 Å². The predicted molar refractivity (Wildman–Crippen MR) is 102 cm³/mol. The minimum atomic E-state index is -0.0171. The zero-order valence-electron chi connectivity index (χ0n) is 15.5. The Bertz CT molecular complexity index is 457. The van der Waals surface area contributed by atoms with Crippen LogP contribution in [-0.4, -0.2) is 11.6 Å². The molecule has 134 valence electrons.